The number of rotatable bonds is 14. The van der Waals surface area contributed by atoms with Gasteiger partial charge in [-0.25, -0.2) is 4.98 Å². The first-order chi connectivity index (χ1) is 18.6. The van der Waals surface area contributed by atoms with Crippen molar-refractivity contribution in [2.75, 3.05) is 20.3 Å². The number of amides is 1. The van der Waals surface area contributed by atoms with Gasteiger partial charge in [0.05, 0.1) is 24.8 Å². The summed E-state index contributed by atoms with van der Waals surface area (Å²) in [6, 6.07) is 21.8. The molecule has 3 aromatic carbocycles. The van der Waals surface area contributed by atoms with Gasteiger partial charge in [-0.3, -0.25) is 4.79 Å². The van der Waals surface area contributed by atoms with Crippen molar-refractivity contribution in [3.8, 4) is 11.5 Å². The van der Waals surface area contributed by atoms with Gasteiger partial charge in [0.25, 0.3) is 5.91 Å². The van der Waals surface area contributed by atoms with Crippen molar-refractivity contribution in [1.29, 1.82) is 0 Å². The van der Waals surface area contributed by atoms with E-state index in [4.69, 9.17) is 14.5 Å². The van der Waals surface area contributed by atoms with Crippen LogP contribution in [-0.2, 0) is 13.0 Å². The maximum Gasteiger partial charge on any atom is 0.251 e. The maximum absolute atomic E-state index is 12.3. The minimum Gasteiger partial charge on any atom is -0.497 e. The topological polar surface area (TPSA) is 65.4 Å². The Morgan fingerprint density at radius 2 is 1.63 bits per heavy atom. The molecule has 0 spiro atoms. The van der Waals surface area contributed by atoms with Crippen LogP contribution in [0.15, 0.2) is 66.7 Å². The van der Waals surface area contributed by atoms with Gasteiger partial charge >= 0.3 is 0 Å². The van der Waals surface area contributed by atoms with Crippen LogP contribution in [0.25, 0.3) is 11.0 Å². The minimum atomic E-state index is -0.0454. The lowest BCUT2D eigenvalue weighted by Gasteiger charge is -2.13. The first kappa shape index (κ1) is 27.2. The number of methoxy groups -OCH3 is 1. The molecule has 0 bridgehead atoms. The minimum absolute atomic E-state index is 0.0454. The third-order valence-electron chi connectivity index (χ3n) is 6.88. The highest BCUT2D eigenvalue weighted by atomic mass is 16.5. The molecule has 1 N–H and O–H groups in total. The third-order valence-corrected chi connectivity index (χ3v) is 6.88. The molecule has 0 saturated heterocycles. The summed E-state index contributed by atoms with van der Waals surface area (Å²) in [7, 11) is 1.62. The van der Waals surface area contributed by atoms with E-state index in [0.717, 1.165) is 74.5 Å². The molecule has 0 atom stereocenters. The Morgan fingerprint density at radius 1 is 0.868 bits per heavy atom. The fourth-order valence-corrected chi connectivity index (χ4v) is 4.77. The number of para-hydroxylation sites is 3. The van der Waals surface area contributed by atoms with E-state index in [-0.39, 0.29) is 5.91 Å². The van der Waals surface area contributed by atoms with Crippen LogP contribution in [-0.4, -0.2) is 35.7 Å². The maximum atomic E-state index is 12.3. The lowest BCUT2D eigenvalue weighted by Crippen LogP contribution is -2.24. The van der Waals surface area contributed by atoms with Crippen molar-refractivity contribution in [2.24, 2.45) is 0 Å². The predicted molar refractivity (Wildman–Crippen MR) is 153 cm³/mol. The number of hydrogen-bond acceptors (Lipinski definition) is 4. The molecule has 0 unspecified atom stereocenters. The molecule has 1 amide bonds. The summed E-state index contributed by atoms with van der Waals surface area (Å²) in [5, 5.41) is 3.01. The predicted octanol–water partition coefficient (Wildman–Crippen LogP) is 6.66. The van der Waals surface area contributed by atoms with Crippen molar-refractivity contribution < 1.29 is 14.3 Å². The Morgan fingerprint density at radius 3 is 2.39 bits per heavy atom. The zero-order chi connectivity index (χ0) is 26.7. The summed E-state index contributed by atoms with van der Waals surface area (Å²) >= 11 is 0. The number of unbranched alkanes of at least 4 members (excludes halogenated alkanes) is 3. The van der Waals surface area contributed by atoms with E-state index in [2.05, 4.69) is 60.1 Å². The second-order valence-electron chi connectivity index (χ2n) is 9.74. The van der Waals surface area contributed by atoms with Gasteiger partial charge in [0, 0.05) is 25.1 Å². The largest absolute Gasteiger partial charge is 0.497 e. The average molecular weight is 514 g/mol. The highest BCUT2D eigenvalue weighted by Crippen LogP contribution is 2.23. The molecule has 4 aromatic rings. The third kappa shape index (κ3) is 7.15. The Balaban J connectivity index is 1.22. The average Bonchev–Trinajstić information content (AvgIpc) is 3.29. The molecular formula is C32H39N3O3. The van der Waals surface area contributed by atoms with Crippen LogP contribution < -0.4 is 14.8 Å². The molecule has 0 saturated carbocycles. The van der Waals surface area contributed by atoms with Crippen LogP contribution in [0.5, 0.6) is 11.5 Å². The Labute approximate surface area is 226 Å². The normalized spacial score (nSPS) is 11.0. The molecule has 6 nitrogen and oxygen atoms in total. The van der Waals surface area contributed by atoms with E-state index in [0.29, 0.717) is 12.1 Å². The van der Waals surface area contributed by atoms with Gasteiger partial charge in [-0.2, -0.15) is 0 Å². The van der Waals surface area contributed by atoms with Crippen molar-refractivity contribution in [3.63, 3.8) is 0 Å². The van der Waals surface area contributed by atoms with Crippen LogP contribution in [0.1, 0.15) is 59.4 Å². The summed E-state index contributed by atoms with van der Waals surface area (Å²) in [5.74, 6) is 2.86. The van der Waals surface area contributed by atoms with Gasteiger partial charge in [0.1, 0.15) is 17.3 Å². The molecule has 200 valence electrons. The van der Waals surface area contributed by atoms with Crippen LogP contribution in [0, 0.1) is 13.8 Å². The Kier molecular flexibility index (Phi) is 9.79. The molecular weight excluding hydrogens is 474 g/mol. The molecule has 0 aliphatic rings. The van der Waals surface area contributed by atoms with Gasteiger partial charge in [-0.05, 0) is 87.1 Å². The van der Waals surface area contributed by atoms with Gasteiger partial charge in [-0.1, -0.05) is 36.8 Å². The first-order valence-electron chi connectivity index (χ1n) is 13.6. The summed E-state index contributed by atoms with van der Waals surface area (Å²) in [6.45, 7) is 6.52. The Hall–Kier alpha value is -3.80. The molecule has 0 radical (unpaired) electrons. The number of imidazole rings is 1. The standard InChI is InChI=1S/C32H39N3O3/c1-24-12-11-13-25(2)31(24)38-23-10-9-22-35-29-15-7-6-14-28(29)34-30(35)16-5-4-8-21-33-32(36)26-17-19-27(37-3)20-18-26/h6-7,11-15,17-20H,4-5,8-10,16,21-23H2,1-3H3,(H,33,36). The number of carbonyl (C=O) groups excluding carboxylic acids is 1. The van der Waals surface area contributed by atoms with Gasteiger partial charge in [0.15, 0.2) is 0 Å². The number of carbonyl (C=O) groups is 1. The van der Waals surface area contributed by atoms with Crippen molar-refractivity contribution >= 4 is 16.9 Å². The number of fused-ring (bicyclic) bond motifs is 1. The summed E-state index contributed by atoms with van der Waals surface area (Å²) < 4.78 is 13.6. The van der Waals surface area contributed by atoms with E-state index in [1.54, 1.807) is 31.4 Å². The van der Waals surface area contributed by atoms with Crippen LogP contribution in [0.2, 0.25) is 0 Å². The number of benzene rings is 3. The smallest absolute Gasteiger partial charge is 0.251 e. The van der Waals surface area contributed by atoms with Gasteiger partial charge < -0.3 is 19.4 Å². The number of hydrogen-bond donors (Lipinski definition) is 1. The zero-order valence-electron chi connectivity index (χ0n) is 22.8. The summed E-state index contributed by atoms with van der Waals surface area (Å²) in [5.41, 5.74) is 5.28. The van der Waals surface area contributed by atoms with E-state index >= 15 is 0 Å². The molecule has 0 aliphatic carbocycles. The molecule has 1 aromatic heterocycles. The Bertz CT molecular complexity index is 1310. The van der Waals surface area contributed by atoms with Gasteiger partial charge in [0.2, 0.25) is 0 Å². The molecule has 6 heteroatoms. The lowest BCUT2D eigenvalue weighted by atomic mass is 10.1. The number of nitrogens with zero attached hydrogens (tertiary/aromatic N) is 2. The fraction of sp³-hybridized carbons (Fsp3) is 0.375. The number of aryl methyl sites for hydroxylation is 4. The highest BCUT2D eigenvalue weighted by Gasteiger charge is 2.11. The second-order valence-corrected chi connectivity index (χ2v) is 9.74. The monoisotopic (exact) mass is 513 g/mol. The number of aromatic nitrogens is 2. The quantitative estimate of drug-likeness (QED) is 0.191. The van der Waals surface area contributed by atoms with Crippen molar-refractivity contribution in [2.45, 2.75) is 58.9 Å². The second kappa shape index (κ2) is 13.7. The molecule has 4 rings (SSSR count). The van der Waals surface area contributed by atoms with Crippen molar-refractivity contribution in [1.82, 2.24) is 14.9 Å². The van der Waals surface area contributed by atoms with E-state index in [9.17, 15) is 4.79 Å². The van der Waals surface area contributed by atoms with E-state index < -0.39 is 0 Å². The van der Waals surface area contributed by atoms with E-state index in [1.165, 1.54) is 16.6 Å². The summed E-state index contributed by atoms with van der Waals surface area (Å²) in [6.07, 6.45) is 5.98. The summed E-state index contributed by atoms with van der Waals surface area (Å²) in [4.78, 5) is 17.3. The molecule has 0 fully saturated rings. The molecule has 1 heterocycles. The highest BCUT2D eigenvalue weighted by molar-refractivity contribution is 5.94. The lowest BCUT2D eigenvalue weighted by molar-refractivity contribution is 0.0953. The molecule has 0 aliphatic heterocycles. The van der Waals surface area contributed by atoms with Crippen LogP contribution in [0.3, 0.4) is 0 Å². The SMILES string of the molecule is COc1ccc(C(=O)NCCCCCc2nc3ccccc3n2CCCCOc2c(C)cccc2C)cc1. The van der Waals surface area contributed by atoms with Gasteiger partial charge in [-0.15, -0.1) is 0 Å². The zero-order valence-corrected chi connectivity index (χ0v) is 22.8. The fourth-order valence-electron chi connectivity index (χ4n) is 4.77. The van der Waals surface area contributed by atoms with Crippen molar-refractivity contribution in [3.05, 3.63) is 89.2 Å². The van der Waals surface area contributed by atoms with Crippen LogP contribution in [0.4, 0.5) is 0 Å². The number of ether oxygens (including phenoxy) is 2. The van der Waals surface area contributed by atoms with E-state index in [1.807, 2.05) is 6.07 Å². The molecule has 38 heavy (non-hydrogen) atoms. The first-order valence-corrected chi connectivity index (χ1v) is 13.6. The van der Waals surface area contributed by atoms with Crippen LogP contribution >= 0.6 is 0 Å². The number of nitrogens with one attached hydrogen (secondary N) is 1.